The Morgan fingerprint density at radius 2 is 1.86 bits per heavy atom. The highest BCUT2D eigenvalue weighted by atomic mass is 16.1. The molecule has 1 aromatic heterocycles. The highest BCUT2D eigenvalue weighted by Crippen LogP contribution is 2.24. The molecule has 0 aliphatic heterocycles. The Balaban J connectivity index is 1.90. The van der Waals surface area contributed by atoms with Crippen LogP contribution in [0, 0.1) is 6.92 Å². The molecule has 2 aromatic carbocycles. The first-order valence-corrected chi connectivity index (χ1v) is 7.54. The highest BCUT2D eigenvalue weighted by molar-refractivity contribution is 6.06. The standard InChI is InChI=1S/C19H20N2O/c1-12(2)15-6-4-5-7-16(15)21-19(22)18-11-14-9-8-13(3)10-17(14)20-18/h4-12,20H,1-3H3,(H,21,22). The Morgan fingerprint density at radius 3 is 2.64 bits per heavy atom. The third-order valence-corrected chi connectivity index (χ3v) is 3.85. The van der Waals surface area contributed by atoms with Gasteiger partial charge in [0, 0.05) is 16.6 Å². The molecule has 3 heteroatoms. The molecule has 0 saturated heterocycles. The Morgan fingerprint density at radius 1 is 1.09 bits per heavy atom. The average molecular weight is 292 g/mol. The molecule has 0 bridgehead atoms. The summed E-state index contributed by atoms with van der Waals surface area (Å²) in [7, 11) is 0. The van der Waals surface area contributed by atoms with Crippen LogP contribution in [-0.4, -0.2) is 10.9 Å². The number of carbonyl (C=O) groups is 1. The fourth-order valence-corrected chi connectivity index (χ4v) is 2.67. The number of para-hydroxylation sites is 1. The van der Waals surface area contributed by atoms with E-state index in [9.17, 15) is 4.79 Å². The highest BCUT2D eigenvalue weighted by Gasteiger charge is 2.13. The van der Waals surface area contributed by atoms with Crippen molar-refractivity contribution < 1.29 is 4.79 Å². The maximum absolute atomic E-state index is 12.5. The van der Waals surface area contributed by atoms with Crippen LogP contribution in [0.3, 0.4) is 0 Å². The van der Waals surface area contributed by atoms with Crippen LogP contribution in [0.5, 0.6) is 0 Å². The van der Waals surface area contributed by atoms with Crippen LogP contribution in [0.2, 0.25) is 0 Å². The lowest BCUT2D eigenvalue weighted by atomic mass is 10.0. The quantitative estimate of drug-likeness (QED) is 0.712. The fraction of sp³-hybridized carbons (Fsp3) is 0.211. The van der Waals surface area contributed by atoms with E-state index in [0.29, 0.717) is 11.6 Å². The largest absolute Gasteiger partial charge is 0.351 e. The molecule has 0 aliphatic carbocycles. The SMILES string of the molecule is Cc1ccc2cc(C(=O)Nc3ccccc3C(C)C)[nH]c2c1. The fourth-order valence-electron chi connectivity index (χ4n) is 2.67. The van der Waals surface area contributed by atoms with Gasteiger partial charge >= 0.3 is 0 Å². The van der Waals surface area contributed by atoms with E-state index in [1.165, 1.54) is 5.56 Å². The van der Waals surface area contributed by atoms with Gasteiger partial charge in [0.2, 0.25) is 0 Å². The van der Waals surface area contributed by atoms with Crippen LogP contribution < -0.4 is 5.32 Å². The van der Waals surface area contributed by atoms with Crippen molar-refractivity contribution in [1.82, 2.24) is 4.98 Å². The Hall–Kier alpha value is -2.55. The van der Waals surface area contributed by atoms with E-state index >= 15 is 0 Å². The number of aryl methyl sites for hydroxylation is 1. The lowest BCUT2D eigenvalue weighted by Crippen LogP contribution is -2.13. The average Bonchev–Trinajstić information content (AvgIpc) is 2.90. The first-order valence-electron chi connectivity index (χ1n) is 7.54. The van der Waals surface area contributed by atoms with Crippen LogP contribution in [-0.2, 0) is 0 Å². The van der Waals surface area contributed by atoms with E-state index in [4.69, 9.17) is 0 Å². The molecule has 1 amide bonds. The second-order valence-electron chi connectivity index (χ2n) is 5.97. The van der Waals surface area contributed by atoms with Gasteiger partial charge in [0.15, 0.2) is 0 Å². The van der Waals surface area contributed by atoms with E-state index < -0.39 is 0 Å². The number of hydrogen-bond donors (Lipinski definition) is 2. The van der Waals surface area contributed by atoms with Crippen LogP contribution in [0.15, 0.2) is 48.5 Å². The number of aromatic amines is 1. The van der Waals surface area contributed by atoms with Gasteiger partial charge in [-0.3, -0.25) is 4.79 Å². The summed E-state index contributed by atoms with van der Waals surface area (Å²) >= 11 is 0. The summed E-state index contributed by atoms with van der Waals surface area (Å²) in [6.07, 6.45) is 0. The number of nitrogens with one attached hydrogen (secondary N) is 2. The summed E-state index contributed by atoms with van der Waals surface area (Å²) in [5.41, 5.74) is 4.76. The number of rotatable bonds is 3. The summed E-state index contributed by atoms with van der Waals surface area (Å²) in [6.45, 7) is 6.28. The van der Waals surface area contributed by atoms with Gasteiger partial charge in [-0.2, -0.15) is 0 Å². The minimum Gasteiger partial charge on any atom is -0.351 e. The number of H-pyrrole nitrogens is 1. The number of hydrogen-bond acceptors (Lipinski definition) is 1. The van der Waals surface area contributed by atoms with E-state index in [1.807, 2.05) is 49.4 Å². The van der Waals surface area contributed by atoms with E-state index in [-0.39, 0.29) is 5.91 Å². The number of benzene rings is 2. The van der Waals surface area contributed by atoms with Gasteiger partial charge in [0.05, 0.1) is 0 Å². The molecule has 2 N–H and O–H groups in total. The van der Waals surface area contributed by atoms with Gasteiger partial charge in [-0.25, -0.2) is 0 Å². The topological polar surface area (TPSA) is 44.9 Å². The molecular weight excluding hydrogens is 272 g/mol. The third kappa shape index (κ3) is 2.75. The first-order chi connectivity index (χ1) is 10.5. The molecule has 0 spiro atoms. The van der Waals surface area contributed by atoms with Crippen LogP contribution >= 0.6 is 0 Å². The summed E-state index contributed by atoms with van der Waals surface area (Å²) in [5.74, 6) is 0.254. The van der Waals surface area contributed by atoms with E-state index in [1.54, 1.807) is 0 Å². The Bertz CT molecular complexity index is 830. The van der Waals surface area contributed by atoms with Crippen molar-refractivity contribution >= 4 is 22.5 Å². The van der Waals surface area contributed by atoms with Gasteiger partial charge in [-0.1, -0.05) is 44.2 Å². The molecular formula is C19H20N2O. The second kappa shape index (κ2) is 5.68. The smallest absolute Gasteiger partial charge is 0.272 e. The van der Waals surface area contributed by atoms with Gasteiger partial charge in [0.25, 0.3) is 5.91 Å². The molecule has 0 fully saturated rings. The third-order valence-electron chi connectivity index (χ3n) is 3.85. The zero-order valence-corrected chi connectivity index (χ0v) is 13.1. The Kier molecular flexibility index (Phi) is 3.72. The number of carbonyl (C=O) groups excluding carboxylic acids is 1. The van der Waals surface area contributed by atoms with Gasteiger partial charge < -0.3 is 10.3 Å². The van der Waals surface area contributed by atoms with Crippen molar-refractivity contribution in [2.75, 3.05) is 5.32 Å². The number of anilines is 1. The molecule has 0 aliphatic rings. The zero-order chi connectivity index (χ0) is 15.7. The van der Waals surface area contributed by atoms with Crippen LogP contribution in [0.4, 0.5) is 5.69 Å². The van der Waals surface area contributed by atoms with Gasteiger partial charge in [-0.15, -0.1) is 0 Å². The van der Waals surface area contributed by atoms with Crippen molar-refractivity contribution in [3.05, 3.63) is 65.4 Å². The summed E-state index contributed by atoms with van der Waals surface area (Å²) < 4.78 is 0. The molecule has 0 saturated carbocycles. The molecule has 0 unspecified atom stereocenters. The summed E-state index contributed by atoms with van der Waals surface area (Å²) in [6, 6.07) is 15.9. The van der Waals surface area contributed by atoms with Crippen molar-refractivity contribution in [3.8, 4) is 0 Å². The van der Waals surface area contributed by atoms with E-state index in [0.717, 1.165) is 22.2 Å². The minimum atomic E-state index is -0.109. The van der Waals surface area contributed by atoms with Crippen molar-refractivity contribution in [3.63, 3.8) is 0 Å². The monoisotopic (exact) mass is 292 g/mol. The predicted octanol–water partition coefficient (Wildman–Crippen LogP) is 4.85. The molecule has 0 atom stereocenters. The summed E-state index contributed by atoms with van der Waals surface area (Å²) in [5, 5.41) is 4.06. The lowest BCUT2D eigenvalue weighted by molar-refractivity contribution is 0.102. The van der Waals surface area contributed by atoms with Crippen molar-refractivity contribution in [1.29, 1.82) is 0 Å². The molecule has 22 heavy (non-hydrogen) atoms. The van der Waals surface area contributed by atoms with Crippen molar-refractivity contribution in [2.45, 2.75) is 26.7 Å². The van der Waals surface area contributed by atoms with Crippen LogP contribution in [0.1, 0.15) is 41.4 Å². The first kappa shape index (κ1) is 14.4. The number of aromatic nitrogens is 1. The molecule has 112 valence electrons. The number of amides is 1. The predicted molar refractivity (Wildman–Crippen MR) is 91.5 cm³/mol. The summed E-state index contributed by atoms with van der Waals surface area (Å²) in [4.78, 5) is 15.7. The molecule has 3 nitrogen and oxygen atoms in total. The molecule has 3 aromatic rings. The minimum absolute atomic E-state index is 0.109. The number of fused-ring (bicyclic) bond motifs is 1. The molecule has 3 rings (SSSR count). The lowest BCUT2D eigenvalue weighted by Gasteiger charge is -2.13. The Labute approximate surface area is 130 Å². The van der Waals surface area contributed by atoms with Crippen LogP contribution in [0.25, 0.3) is 10.9 Å². The van der Waals surface area contributed by atoms with Crippen molar-refractivity contribution in [2.24, 2.45) is 0 Å². The maximum Gasteiger partial charge on any atom is 0.272 e. The molecule has 1 heterocycles. The second-order valence-corrected chi connectivity index (χ2v) is 5.97. The van der Waals surface area contributed by atoms with Gasteiger partial charge in [0.1, 0.15) is 5.69 Å². The maximum atomic E-state index is 12.5. The zero-order valence-electron chi connectivity index (χ0n) is 13.1. The van der Waals surface area contributed by atoms with E-state index in [2.05, 4.69) is 30.2 Å². The molecule has 0 radical (unpaired) electrons. The normalized spacial score (nSPS) is 11.1. The van der Waals surface area contributed by atoms with Gasteiger partial charge in [-0.05, 0) is 42.2 Å².